The van der Waals surface area contributed by atoms with Gasteiger partial charge in [0.2, 0.25) is 5.78 Å². The molecule has 0 unspecified atom stereocenters. The van der Waals surface area contributed by atoms with Gasteiger partial charge in [-0.15, -0.1) is 0 Å². The van der Waals surface area contributed by atoms with E-state index < -0.39 is 0 Å². The van der Waals surface area contributed by atoms with Crippen molar-refractivity contribution in [2.24, 2.45) is 0 Å². The molecule has 0 spiro atoms. The molecule has 9 heteroatoms. The van der Waals surface area contributed by atoms with Gasteiger partial charge in [0, 0.05) is 32.8 Å². The molecule has 5 rings (SSSR count). The fourth-order valence-electron chi connectivity index (χ4n) is 4.35. The molecule has 0 fully saturated rings. The van der Waals surface area contributed by atoms with Crippen LogP contribution in [-0.4, -0.2) is 33.9 Å². The van der Waals surface area contributed by atoms with E-state index in [4.69, 9.17) is 33.2 Å². The molecule has 2 aliphatic heterocycles. The highest BCUT2D eigenvalue weighted by molar-refractivity contribution is 9.10. The summed E-state index contributed by atoms with van der Waals surface area (Å²) in [4.78, 5) is 13.2. The number of ketones is 1. The smallest absolute Gasteiger partial charge is 0.231 e. The van der Waals surface area contributed by atoms with Crippen molar-refractivity contribution in [3.8, 4) is 34.5 Å². The van der Waals surface area contributed by atoms with Gasteiger partial charge in [0.1, 0.15) is 29.6 Å². The van der Waals surface area contributed by atoms with Crippen molar-refractivity contribution in [3.63, 3.8) is 0 Å². The lowest BCUT2D eigenvalue weighted by Gasteiger charge is -2.21. The van der Waals surface area contributed by atoms with Crippen LogP contribution in [0.1, 0.15) is 32.6 Å². The number of carbonyl (C=O) groups is 1. The molecule has 192 valence electrons. The highest BCUT2D eigenvalue weighted by atomic mass is 79.9. The average Bonchev–Trinajstić information content (AvgIpc) is 3.23. The molecular weight excluding hydrogens is 544 g/mol. The van der Waals surface area contributed by atoms with Crippen molar-refractivity contribution in [2.45, 2.75) is 20.1 Å². The quantitative estimate of drug-likeness (QED) is 0.328. The van der Waals surface area contributed by atoms with Crippen molar-refractivity contribution in [1.29, 1.82) is 0 Å². The van der Waals surface area contributed by atoms with Crippen LogP contribution in [0.25, 0.3) is 6.08 Å². The average molecular weight is 569 g/mol. The first-order valence-electron chi connectivity index (χ1n) is 11.5. The number of benzene rings is 3. The van der Waals surface area contributed by atoms with E-state index in [0.29, 0.717) is 46.5 Å². The lowest BCUT2D eigenvalue weighted by Crippen LogP contribution is -2.14. The van der Waals surface area contributed by atoms with Crippen molar-refractivity contribution in [1.82, 2.24) is 0 Å². The maximum atomic E-state index is 13.2. The summed E-state index contributed by atoms with van der Waals surface area (Å²) >= 11 is 3.54. The van der Waals surface area contributed by atoms with Crippen LogP contribution in [0, 0.1) is 6.92 Å². The van der Waals surface area contributed by atoms with Crippen molar-refractivity contribution in [3.05, 3.63) is 74.4 Å². The number of fused-ring (bicyclic) bond motifs is 2. The summed E-state index contributed by atoms with van der Waals surface area (Å²) in [6.07, 6.45) is 1.64. The molecule has 0 bridgehead atoms. The molecule has 2 heterocycles. The molecule has 0 aromatic heterocycles. The van der Waals surface area contributed by atoms with Gasteiger partial charge in [-0.05, 0) is 43.3 Å². The standard InChI is InChI=1S/C28H25BrO8/c1-15-21(35-13-18-8-19(29)7-17-12-34-14-36-28(17)18)6-5-20-26(30)25(37-27(15)20)10-16-9-23(32-3)24(33-4)11-22(16)31-2/h5-11H,12-14H2,1-4H3/b25-10-. The molecule has 0 atom stereocenters. The van der Waals surface area contributed by atoms with E-state index in [9.17, 15) is 4.79 Å². The number of methoxy groups -OCH3 is 3. The molecule has 0 radical (unpaired) electrons. The second-order valence-electron chi connectivity index (χ2n) is 8.41. The topological polar surface area (TPSA) is 81.7 Å². The number of halogens is 1. The monoisotopic (exact) mass is 568 g/mol. The molecule has 0 saturated carbocycles. The predicted octanol–water partition coefficient (Wildman–Crippen LogP) is 5.85. The zero-order chi connectivity index (χ0) is 26.1. The van der Waals surface area contributed by atoms with E-state index in [1.807, 2.05) is 19.1 Å². The number of hydrogen-bond donors (Lipinski definition) is 0. The number of allylic oxidation sites excluding steroid dienone is 1. The van der Waals surface area contributed by atoms with E-state index in [2.05, 4.69) is 15.9 Å². The molecule has 8 nitrogen and oxygen atoms in total. The Labute approximate surface area is 222 Å². The van der Waals surface area contributed by atoms with E-state index in [1.54, 1.807) is 51.7 Å². The maximum absolute atomic E-state index is 13.2. The Bertz CT molecular complexity index is 1410. The SMILES string of the molecule is COc1cc(OC)c(OC)cc1/C=C1\Oc2c(ccc(OCc3cc(Br)cc4c3OCOC4)c2C)C1=O. The van der Waals surface area contributed by atoms with Gasteiger partial charge in [-0.3, -0.25) is 4.79 Å². The van der Waals surface area contributed by atoms with Crippen LogP contribution in [0.5, 0.6) is 34.5 Å². The Morgan fingerprint density at radius 3 is 2.46 bits per heavy atom. The number of hydrogen-bond acceptors (Lipinski definition) is 8. The summed E-state index contributed by atoms with van der Waals surface area (Å²) in [6, 6.07) is 10.9. The molecule has 2 aliphatic rings. The van der Waals surface area contributed by atoms with Gasteiger partial charge >= 0.3 is 0 Å². The highest BCUT2D eigenvalue weighted by Gasteiger charge is 2.31. The minimum absolute atomic E-state index is 0.176. The van der Waals surface area contributed by atoms with E-state index in [-0.39, 0.29) is 24.9 Å². The van der Waals surface area contributed by atoms with Gasteiger partial charge in [-0.25, -0.2) is 0 Å². The van der Waals surface area contributed by atoms with Crippen LogP contribution >= 0.6 is 15.9 Å². The molecule has 0 N–H and O–H groups in total. The van der Waals surface area contributed by atoms with Crippen LogP contribution in [0.15, 0.2) is 46.6 Å². The summed E-state index contributed by atoms with van der Waals surface area (Å²) in [5.74, 6) is 3.34. The third kappa shape index (κ3) is 4.72. The first kappa shape index (κ1) is 25.0. The third-order valence-electron chi connectivity index (χ3n) is 6.19. The fourth-order valence-corrected chi connectivity index (χ4v) is 4.90. The Kier molecular flexibility index (Phi) is 6.99. The number of Topliss-reactive ketones (excluding diaryl/α,β-unsaturated/α-hetero) is 1. The zero-order valence-corrected chi connectivity index (χ0v) is 22.4. The summed E-state index contributed by atoms with van der Waals surface area (Å²) in [7, 11) is 4.64. The molecule has 3 aromatic carbocycles. The summed E-state index contributed by atoms with van der Waals surface area (Å²) in [5.41, 5.74) is 3.66. The number of ether oxygens (including phenoxy) is 7. The van der Waals surface area contributed by atoms with Gasteiger partial charge in [0.25, 0.3) is 0 Å². The van der Waals surface area contributed by atoms with Gasteiger partial charge < -0.3 is 33.2 Å². The predicted molar refractivity (Wildman–Crippen MR) is 139 cm³/mol. The van der Waals surface area contributed by atoms with Crippen LogP contribution in [0.4, 0.5) is 0 Å². The van der Waals surface area contributed by atoms with E-state index >= 15 is 0 Å². The minimum Gasteiger partial charge on any atom is -0.496 e. The normalized spacial score (nSPS) is 14.9. The largest absolute Gasteiger partial charge is 0.496 e. The lowest BCUT2D eigenvalue weighted by molar-refractivity contribution is -0.0176. The Balaban J connectivity index is 1.42. The summed E-state index contributed by atoms with van der Waals surface area (Å²) in [5, 5.41) is 0. The first-order chi connectivity index (χ1) is 17.9. The van der Waals surface area contributed by atoms with Crippen LogP contribution < -0.4 is 28.4 Å². The highest BCUT2D eigenvalue weighted by Crippen LogP contribution is 2.42. The van der Waals surface area contributed by atoms with Gasteiger partial charge in [-0.2, -0.15) is 0 Å². The fraction of sp³-hybridized carbons (Fsp3) is 0.250. The minimum atomic E-state index is -0.226. The Morgan fingerprint density at radius 1 is 0.946 bits per heavy atom. The van der Waals surface area contributed by atoms with Gasteiger partial charge in [-0.1, -0.05) is 15.9 Å². The maximum Gasteiger partial charge on any atom is 0.231 e. The second-order valence-corrected chi connectivity index (χ2v) is 9.32. The summed E-state index contributed by atoms with van der Waals surface area (Å²) < 4.78 is 40.4. The number of rotatable bonds is 7. The molecule has 37 heavy (non-hydrogen) atoms. The molecular formula is C28H25BrO8. The van der Waals surface area contributed by atoms with Gasteiger partial charge in [0.15, 0.2) is 24.1 Å². The van der Waals surface area contributed by atoms with Crippen LogP contribution in [0.3, 0.4) is 0 Å². The van der Waals surface area contributed by atoms with Crippen molar-refractivity contribution in [2.75, 3.05) is 28.1 Å². The van der Waals surface area contributed by atoms with Crippen molar-refractivity contribution >= 4 is 27.8 Å². The van der Waals surface area contributed by atoms with E-state index in [1.165, 1.54) is 0 Å². The second kappa shape index (κ2) is 10.4. The molecule has 3 aromatic rings. The van der Waals surface area contributed by atoms with Crippen molar-refractivity contribution < 1.29 is 38.0 Å². The molecule has 0 aliphatic carbocycles. The van der Waals surface area contributed by atoms with E-state index in [0.717, 1.165) is 26.9 Å². The summed E-state index contributed by atoms with van der Waals surface area (Å²) in [6.45, 7) is 2.83. The first-order valence-corrected chi connectivity index (χ1v) is 12.2. The molecule has 0 amide bonds. The Hall–Kier alpha value is -3.69. The van der Waals surface area contributed by atoms with Gasteiger partial charge in [0.05, 0.1) is 33.5 Å². The van der Waals surface area contributed by atoms with Crippen LogP contribution in [-0.2, 0) is 18.0 Å². The lowest BCUT2D eigenvalue weighted by atomic mass is 10.0. The third-order valence-corrected chi connectivity index (χ3v) is 6.65. The zero-order valence-electron chi connectivity index (χ0n) is 20.8. The number of carbonyl (C=O) groups excluding carboxylic acids is 1. The Morgan fingerprint density at radius 2 is 1.70 bits per heavy atom. The van der Waals surface area contributed by atoms with Crippen LogP contribution in [0.2, 0.25) is 0 Å². The molecule has 0 saturated heterocycles.